The standard InChI is InChI=1S/C11H12ClNS/c1-14-11-4-2-3-8-7-9(12)5-6-10(8)13-11/h5-7H,2-4H2,1H3. The van der Waals surface area contributed by atoms with Crippen molar-refractivity contribution in [2.75, 3.05) is 6.26 Å². The Bertz CT molecular complexity index is 374. The highest BCUT2D eigenvalue weighted by atomic mass is 35.5. The number of thioether (sulfide) groups is 1. The van der Waals surface area contributed by atoms with Gasteiger partial charge in [0.2, 0.25) is 0 Å². The molecule has 1 nitrogen and oxygen atoms in total. The van der Waals surface area contributed by atoms with E-state index in [-0.39, 0.29) is 0 Å². The third-order valence-electron chi connectivity index (χ3n) is 2.36. The van der Waals surface area contributed by atoms with Crippen LogP contribution in [-0.2, 0) is 6.42 Å². The smallest absolute Gasteiger partial charge is 0.0736 e. The van der Waals surface area contributed by atoms with Gasteiger partial charge in [-0.1, -0.05) is 11.6 Å². The van der Waals surface area contributed by atoms with Crippen molar-refractivity contribution in [1.82, 2.24) is 0 Å². The molecule has 0 spiro atoms. The minimum atomic E-state index is 0.812. The van der Waals surface area contributed by atoms with E-state index in [1.165, 1.54) is 17.0 Å². The number of fused-ring (bicyclic) bond motifs is 1. The molecule has 3 heteroatoms. The van der Waals surface area contributed by atoms with Crippen LogP contribution in [0.25, 0.3) is 0 Å². The lowest BCUT2D eigenvalue weighted by atomic mass is 10.1. The maximum Gasteiger partial charge on any atom is 0.0736 e. The molecule has 0 saturated carbocycles. The second-order valence-electron chi connectivity index (χ2n) is 3.34. The third kappa shape index (κ3) is 2.12. The summed E-state index contributed by atoms with van der Waals surface area (Å²) in [6.07, 6.45) is 5.43. The fraction of sp³-hybridized carbons (Fsp3) is 0.364. The second-order valence-corrected chi connectivity index (χ2v) is 4.65. The highest BCUT2D eigenvalue weighted by molar-refractivity contribution is 8.13. The molecule has 0 radical (unpaired) electrons. The van der Waals surface area contributed by atoms with Gasteiger partial charge in [0.1, 0.15) is 0 Å². The summed E-state index contributed by atoms with van der Waals surface area (Å²) in [7, 11) is 0. The van der Waals surface area contributed by atoms with Crippen LogP contribution in [0.3, 0.4) is 0 Å². The van der Waals surface area contributed by atoms with E-state index in [2.05, 4.69) is 11.2 Å². The molecule has 1 aromatic rings. The maximum atomic E-state index is 5.95. The Balaban J connectivity index is 2.42. The molecule has 0 aliphatic carbocycles. The van der Waals surface area contributed by atoms with E-state index in [4.69, 9.17) is 11.6 Å². The highest BCUT2D eigenvalue weighted by Gasteiger charge is 2.09. The molecule has 1 aliphatic rings. The minimum Gasteiger partial charge on any atom is -0.246 e. The minimum absolute atomic E-state index is 0.812. The topological polar surface area (TPSA) is 12.4 Å². The van der Waals surface area contributed by atoms with Crippen LogP contribution in [0.4, 0.5) is 5.69 Å². The van der Waals surface area contributed by atoms with Gasteiger partial charge in [-0.15, -0.1) is 11.8 Å². The van der Waals surface area contributed by atoms with Crippen molar-refractivity contribution in [2.45, 2.75) is 19.3 Å². The number of benzene rings is 1. The van der Waals surface area contributed by atoms with E-state index in [1.54, 1.807) is 11.8 Å². The van der Waals surface area contributed by atoms with Crippen LogP contribution in [-0.4, -0.2) is 11.3 Å². The first kappa shape index (κ1) is 10.1. The molecule has 1 aromatic carbocycles. The molecule has 0 N–H and O–H groups in total. The Kier molecular flexibility index (Phi) is 3.14. The normalized spacial score (nSPS) is 15.7. The second kappa shape index (κ2) is 4.37. The number of aryl methyl sites for hydroxylation is 1. The van der Waals surface area contributed by atoms with E-state index in [1.807, 2.05) is 18.2 Å². The van der Waals surface area contributed by atoms with Crippen LogP contribution in [0.2, 0.25) is 5.02 Å². The van der Waals surface area contributed by atoms with Gasteiger partial charge >= 0.3 is 0 Å². The fourth-order valence-corrected chi connectivity index (χ4v) is 2.36. The van der Waals surface area contributed by atoms with Gasteiger partial charge < -0.3 is 0 Å². The summed E-state index contributed by atoms with van der Waals surface area (Å²) in [6, 6.07) is 5.95. The SMILES string of the molecule is CSC1=Nc2ccc(Cl)cc2CCC1. The van der Waals surface area contributed by atoms with Crippen LogP contribution in [0.5, 0.6) is 0 Å². The quantitative estimate of drug-likeness (QED) is 0.649. The zero-order valence-corrected chi connectivity index (χ0v) is 9.66. The summed E-state index contributed by atoms with van der Waals surface area (Å²) in [6.45, 7) is 0. The lowest BCUT2D eigenvalue weighted by Gasteiger charge is -2.02. The van der Waals surface area contributed by atoms with Gasteiger partial charge in [-0.25, -0.2) is 4.99 Å². The molecule has 2 rings (SSSR count). The average molecular weight is 226 g/mol. The van der Waals surface area contributed by atoms with Crippen molar-refractivity contribution < 1.29 is 0 Å². The Morgan fingerprint density at radius 3 is 3.00 bits per heavy atom. The summed E-state index contributed by atoms with van der Waals surface area (Å²) >= 11 is 7.69. The summed E-state index contributed by atoms with van der Waals surface area (Å²) in [4.78, 5) is 4.62. The van der Waals surface area contributed by atoms with Crippen molar-refractivity contribution >= 4 is 34.1 Å². The number of rotatable bonds is 0. The van der Waals surface area contributed by atoms with E-state index in [9.17, 15) is 0 Å². The molecule has 0 aromatic heterocycles. The molecule has 0 fully saturated rings. The Labute approximate surface area is 93.6 Å². The zero-order valence-electron chi connectivity index (χ0n) is 8.09. The number of hydrogen-bond acceptors (Lipinski definition) is 2. The molecule has 0 saturated heterocycles. The van der Waals surface area contributed by atoms with Crippen LogP contribution < -0.4 is 0 Å². The maximum absolute atomic E-state index is 5.95. The zero-order chi connectivity index (χ0) is 9.97. The molecule has 1 heterocycles. The number of nitrogens with zero attached hydrogens (tertiary/aromatic N) is 1. The van der Waals surface area contributed by atoms with Gasteiger partial charge in [-0.2, -0.15) is 0 Å². The summed E-state index contributed by atoms with van der Waals surface area (Å²) < 4.78 is 0. The van der Waals surface area contributed by atoms with E-state index >= 15 is 0 Å². The lowest BCUT2D eigenvalue weighted by Crippen LogP contribution is -1.88. The molecule has 0 unspecified atom stereocenters. The van der Waals surface area contributed by atoms with Crippen LogP contribution >= 0.6 is 23.4 Å². The average Bonchev–Trinajstić information content (AvgIpc) is 2.38. The summed E-state index contributed by atoms with van der Waals surface area (Å²) in [5.74, 6) is 0. The van der Waals surface area contributed by atoms with E-state index in [0.717, 1.165) is 23.6 Å². The van der Waals surface area contributed by atoms with Gasteiger partial charge in [0.15, 0.2) is 0 Å². The Morgan fingerprint density at radius 2 is 2.21 bits per heavy atom. The number of aliphatic imine (C=N–C) groups is 1. The van der Waals surface area contributed by atoms with Gasteiger partial charge in [-0.05, 0) is 49.3 Å². The number of hydrogen-bond donors (Lipinski definition) is 0. The van der Waals surface area contributed by atoms with Crippen molar-refractivity contribution in [3.63, 3.8) is 0 Å². The van der Waals surface area contributed by atoms with Crippen molar-refractivity contribution in [2.24, 2.45) is 4.99 Å². The fourth-order valence-electron chi connectivity index (χ4n) is 1.63. The van der Waals surface area contributed by atoms with Crippen molar-refractivity contribution in [1.29, 1.82) is 0 Å². The molecule has 1 aliphatic heterocycles. The first-order valence-electron chi connectivity index (χ1n) is 4.69. The van der Waals surface area contributed by atoms with E-state index < -0.39 is 0 Å². The van der Waals surface area contributed by atoms with E-state index in [0.29, 0.717) is 0 Å². The number of halogens is 1. The van der Waals surface area contributed by atoms with Gasteiger partial charge in [0.05, 0.1) is 10.7 Å². The highest BCUT2D eigenvalue weighted by Crippen LogP contribution is 2.29. The Morgan fingerprint density at radius 1 is 1.36 bits per heavy atom. The molecule has 14 heavy (non-hydrogen) atoms. The third-order valence-corrected chi connectivity index (χ3v) is 3.36. The first-order valence-corrected chi connectivity index (χ1v) is 6.30. The monoisotopic (exact) mass is 225 g/mol. The van der Waals surface area contributed by atoms with Crippen LogP contribution in [0.1, 0.15) is 18.4 Å². The van der Waals surface area contributed by atoms with Gasteiger partial charge in [0, 0.05) is 5.02 Å². The lowest BCUT2D eigenvalue weighted by molar-refractivity contribution is 0.883. The molecular weight excluding hydrogens is 214 g/mol. The van der Waals surface area contributed by atoms with Crippen LogP contribution in [0.15, 0.2) is 23.2 Å². The largest absolute Gasteiger partial charge is 0.246 e. The predicted octanol–water partition coefficient (Wildman–Crippen LogP) is 4.07. The summed E-state index contributed by atoms with van der Waals surface area (Å²) in [5, 5.41) is 2.04. The molecule has 0 bridgehead atoms. The van der Waals surface area contributed by atoms with Gasteiger partial charge in [0.25, 0.3) is 0 Å². The molecular formula is C11H12ClNS. The molecule has 0 amide bonds. The molecule has 0 atom stereocenters. The first-order chi connectivity index (χ1) is 6.79. The molecule has 74 valence electrons. The Hall–Kier alpha value is -0.470. The van der Waals surface area contributed by atoms with Crippen molar-refractivity contribution in [3.8, 4) is 0 Å². The van der Waals surface area contributed by atoms with Crippen LogP contribution in [0, 0.1) is 0 Å². The predicted molar refractivity (Wildman–Crippen MR) is 65.0 cm³/mol. The summed E-state index contributed by atoms with van der Waals surface area (Å²) in [5.41, 5.74) is 2.37. The van der Waals surface area contributed by atoms with Crippen molar-refractivity contribution in [3.05, 3.63) is 28.8 Å². The van der Waals surface area contributed by atoms with Gasteiger partial charge in [-0.3, -0.25) is 0 Å².